The van der Waals surface area contributed by atoms with Gasteiger partial charge in [0.15, 0.2) is 0 Å². The van der Waals surface area contributed by atoms with Crippen molar-refractivity contribution in [3.63, 3.8) is 0 Å². The number of nitriles is 1. The van der Waals surface area contributed by atoms with Gasteiger partial charge in [-0.05, 0) is 42.5 Å². The van der Waals surface area contributed by atoms with Crippen LogP contribution in [0.3, 0.4) is 0 Å². The van der Waals surface area contributed by atoms with Crippen LogP contribution in [-0.2, 0) is 11.3 Å². The van der Waals surface area contributed by atoms with E-state index in [2.05, 4.69) is 25.2 Å². The zero-order valence-corrected chi connectivity index (χ0v) is 12.2. The van der Waals surface area contributed by atoms with Gasteiger partial charge in [-0.25, -0.2) is 0 Å². The molecular formula is C16H24N2O. The molecule has 0 bridgehead atoms. The second-order valence-corrected chi connectivity index (χ2v) is 5.22. The Balaban J connectivity index is 2.18. The third-order valence-electron chi connectivity index (χ3n) is 3.05. The zero-order chi connectivity index (χ0) is 14.1. The first-order chi connectivity index (χ1) is 9.13. The highest BCUT2D eigenvalue weighted by Gasteiger charge is 1.99. The molecule has 0 aliphatic heterocycles. The normalized spacial score (nSPS) is 10.7. The lowest BCUT2D eigenvalue weighted by atomic mass is 10.1. The maximum atomic E-state index is 8.81. The van der Waals surface area contributed by atoms with Crippen molar-refractivity contribution in [2.24, 2.45) is 5.92 Å². The molecule has 0 saturated heterocycles. The molecule has 0 aromatic heterocycles. The van der Waals surface area contributed by atoms with Gasteiger partial charge in [-0.15, -0.1) is 0 Å². The fourth-order valence-corrected chi connectivity index (χ4v) is 1.75. The van der Waals surface area contributed by atoms with Crippen LogP contribution in [0.1, 0.15) is 37.0 Å². The SMILES string of the molecule is Cc1cc(C#N)ccc1CNCCOCCC(C)C. The highest BCUT2D eigenvalue weighted by molar-refractivity contribution is 5.37. The van der Waals surface area contributed by atoms with Crippen LogP contribution in [0.5, 0.6) is 0 Å². The maximum Gasteiger partial charge on any atom is 0.0991 e. The lowest BCUT2D eigenvalue weighted by molar-refractivity contribution is 0.125. The van der Waals surface area contributed by atoms with E-state index in [1.807, 2.05) is 25.1 Å². The molecule has 0 heterocycles. The minimum Gasteiger partial charge on any atom is -0.380 e. The molecule has 0 radical (unpaired) electrons. The molecular weight excluding hydrogens is 236 g/mol. The number of hydrogen-bond donors (Lipinski definition) is 1. The third-order valence-corrected chi connectivity index (χ3v) is 3.05. The Labute approximate surface area is 116 Å². The Hall–Kier alpha value is -1.37. The van der Waals surface area contributed by atoms with Crippen molar-refractivity contribution in [1.29, 1.82) is 5.26 Å². The fraction of sp³-hybridized carbons (Fsp3) is 0.562. The fourth-order valence-electron chi connectivity index (χ4n) is 1.75. The summed E-state index contributed by atoms with van der Waals surface area (Å²) in [6, 6.07) is 7.96. The summed E-state index contributed by atoms with van der Waals surface area (Å²) in [6.07, 6.45) is 1.12. The second kappa shape index (κ2) is 8.68. The third kappa shape index (κ3) is 6.37. The van der Waals surface area contributed by atoms with Crippen molar-refractivity contribution >= 4 is 0 Å². The Bertz CT molecular complexity index is 421. The van der Waals surface area contributed by atoms with Crippen molar-refractivity contribution in [2.45, 2.75) is 33.7 Å². The quantitative estimate of drug-likeness (QED) is 0.731. The van der Waals surface area contributed by atoms with Crippen molar-refractivity contribution < 1.29 is 4.74 Å². The summed E-state index contributed by atoms with van der Waals surface area (Å²) in [5.74, 6) is 0.703. The number of aryl methyl sites for hydroxylation is 1. The van der Waals surface area contributed by atoms with Crippen LogP contribution in [0.4, 0.5) is 0 Å². The predicted molar refractivity (Wildman–Crippen MR) is 77.9 cm³/mol. The van der Waals surface area contributed by atoms with E-state index in [4.69, 9.17) is 10.00 Å². The Morgan fingerprint density at radius 3 is 2.74 bits per heavy atom. The highest BCUT2D eigenvalue weighted by atomic mass is 16.5. The molecule has 0 amide bonds. The first-order valence-electron chi connectivity index (χ1n) is 6.91. The van der Waals surface area contributed by atoms with Crippen LogP contribution in [-0.4, -0.2) is 19.8 Å². The van der Waals surface area contributed by atoms with Crippen molar-refractivity contribution in [3.8, 4) is 6.07 Å². The summed E-state index contributed by atoms with van der Waals surface area (Å²) < 4.78 is 5.54. The van der Waals surface area contributed by atoms with E-state index in [0.29, 0.717) is 5.92 Å². The Kier molecular flexibility index (Phi) is 7.17. The highest BCUT2D eigenvalue weighted by Crippen LogP contribution is 2.10. The largest absolute Gasteiger partial charge is 0.380 e. The van der Waals surface area contributed by atoms with Crippen LogP contribution in [0, 0.1) is 24.2 Å². The lowest BCUT2D eigenvalue weighted by Crippen LogP contribution is -2.20. The van der Waals surface area contributed by atoms with Crippen molar-refractivity contribution in [1.82, 2.24) is 5.32 Å². The topological polar surface area (TPSA) is 45.0 Å². The maximum absolute atomic E-state index is 8.81. The number of rotatable bonds is 8. The van der Waals surface area contributed by atoms with E-state index < -0.39 is 0 Å². The molecule has 3 nitrogen and oxygen atoms in total. The van der Waals surface area contributed by atoms with Gasteiger partial charge in [0.05, 0.1) is 18.2 Å². The molecule has 19 heavy (non-hydrogen) atoms. The van der Waals surface area contributed by atoms with E-state index >= 15 is 0 Å². The van der Waals surface area contributed by atoms with Crippen LogP contribution >= 0.6 is 0 Å². The Morgan fingerprint density at radius 1 is 1.32 bits per heavy atom. The van der Waals surface area contributed by atoms with E-state index in [1.165, 1.54) is 5.56 Å². The smallest absolute Gasteiger partial charge is 0.0991 e. The number of benzene rings is 1. The minimum absolute atomic E-state index is 0.703. The molecule has 1 aromatic carbocycles. The van der Waals surface area contributed by atoms with Gasteiger partial charge in [-0.1, -0.05) is 19.9 Å². The van der Waals surface area contributed by atoms with Gasteiger partial charge in [-0.2, -0.15) is 5.26 Å². The zero-order valence-electron chi connectivity index (χ0n) is 12.2. The van der Waals surface area contributed by atoms with Gasteiger partial charge in [-0.3, -0.25) is 0 Å². The van der Waals surface area contributed by atoms with Crippen molar-refractivity contribution in [2.75, 3.05) is 19.8 Å². The van der Waals surface area contributed by atoms with Gasteiger partial charge >= 0.3 is 0 Å². The van der Waals surface area contributed by atoms with Crippen molar-refractivity contribution in [3.05, 3.63) is 34.9 Å². The number of nitrogens with zero attached hydrogens (tertiary/aromatic N) is 1. The first kappa shape index (κ1) is 15.7. The molecule has 1 rings (SSSR count). The van der Waals surface area contributed by atoms with Gasteiger partial charge in [0, 0.05) is 19.7 Å². The molecule has 0 unspecified atom stereocenters. The molecule has 104 valence electrons. The monoisotopic (exact) mass is 260 g/mol. The predicted octanol–water partition coefficient (Wildman–Crippen LogP) is 3.02. The van der Waals surface area contributed by atoms with Crippen LogP contribution in [0.25, 0.3) is 0 Å². The number of nitrogens with one attached hydrogen (secondary N) is 1. The average Bonchev–Trinajstić information content (AvgIpc) is 2.38. The van der Waals surface area contributed by atoms with E-state index in [9.17, 15) is 0 Å². The number of hydrogen-bond acceptors (Lipinski definition) is 3. The summed E-state index contributed by atoms with van der Waals surface area (Å²) in [6.45, 7) is 9.72. The molecule has 1 aromatic rings. The molecule has 0 aliphatic carbocycles. The summed E-state index contributed by atoms with van der Waals surface area (Å²) in [4.78, 5) is 0. The van der Waals surface area contributed by atoms with Gasteiger partial charge in [0.2, 0.25) is 0 Å². The van der Waals surface area contributed by atoms with Crippen LogP contribution < -0.4 is 5.32 Å². The molecule has 0 atom stereocenters. The van der Waals surface area contributed by atoms with Gasteiger partial charge in [0.25, 0.3) is 0 Å². The molecule has 1 N–H and O–H groups in total. The number of ether oxygens (including phenoxy) is 1. The molecule has 0 fully saturated rings. The Morgan fingerprint density at radius 2 is 2.11 bits per heavy atom. The van der Waals surface area contributed by atoms with Gasteiger partial charge < -0.3 is 10.1 Å². The van der Waals surface area contributed by atoms with Gasteiger partial charge in [0.1, 0.15) is 0 Å². The van der Waals surface area contributed by atoms with E-state index in [1.54, 1.807) is 0 Å². The first-order valence-corrected chi connectivity index (χ1v) is 6.91. The summed E-state index contributed by atoms with van der Waals surface area (Å²) in [7, 11) is 0. The van der Waals surface area contributed by atoms with Crippen LogP contribution in [0.2, 0.25) is 0 Å². The average molecular weight is 260 g/mol. The second-order valence-electron chi connectivity index (χ2n) is 5.22. The summed E-state index contributed by atoms with van der Waals surface area (Å²) >= 11 is 0. The molecule has 0 aliphatic rings. The van der Waals surface area contributed by atoms with E-state index in [-0.39, 0.29) is 0 Å². The molecule has 0 spiro atoms. The van der Waals surface area contributed by atoms with Crippen LogP contribution in [0.15, 0.2) is 18.2 Å². The minimum atomic E-state index is 0.703. The molecule has 0 saturated carbocycles. The summed E-state index contributed by atoms with van der Waals surface area (Å²) in [5.41, 5.74) is 3.12. The standard InChI is InChI=1S/C16H24N2O/c1-13(2)6-8-19-9-7-18-12-16-5-4-15(11-17)10-14(16)3/h4-5,10,13,18H,6-9,12H2,1-3H3. The lowest BCUT2D eigenvalue weighted by Gasteiger charge is -2.09. The molecule has 3 heteroatoms. The summed E-state index contributed by atoms with van der Waals surface area (Å²) in [5, 5.41) is 12.2. The van der Waals surface area contributed by atoms with E-state index in [0.717, 1.165) is 43.9 Å².